The summed E-state index contributed by atoms with van der Waals surface area (Å²) in [6.45, 7) is 13.3. The molecule has 30 heavy (non-hydrogen) atoms. The van der Waals surface area contributed by atoms with Crippen LogP contribution in [0.3, 0.4) is 0 Å². The first-order valence-corrected chi connectivity index (χ1v) is 10.8. The van der Waals surface area contributed by atoms with Crippen molar-refractivity contribution in [2.45, 2.75) is 39.8 Å². The van der Waals surface area contributed by atoms with Crippen molar-refractivity contribution < 1.29 is 14.2 Å². The van der Waals surface area contributed by atoms with Crippen LogP contribution in [0.5, 0.6) is 11.5 Å². The second-order valence-electron chi connectivity index (χ2n) is 7.96. The van der Waals surface area contributed by atoms with E-state index in [1.807, 2.05) is 6.92 Å². The second-order valence-corrected chi connectivity index (χ2v) is 7.96. The van der Waals surface area contributed by atoms with E-state index in [9.17, 15) is 0 Å². The first-order valence-electron chi connectivity index (χ1n) is 10.8. The molecule has 2 atom stereocenters. The van der Waals surface area contributed by atoms with Crippen molar-refractivity contribution in [3.05, 3.63) is 23.3 Å². The van der Waals surface area contributed by atoms with E-state index in [1.54, 1.807) is 7.05 Å². The fraction of sp³-hybridized carbons (Fsp3) is 0.682. The van der Waals surface area contributed by atoms with E-state index in [4.69, 9.17) is 14.2 Å². The van der Waals surface area contributed by atoms with Crippen molar-refractivity contribution in [3.8, 4) is 11.5 Å². The van der Waals surface area contributed by atoms with Gasteiger partial charge in [-0.25, -0.2) is 0 Å². The standard InChI is InChI=1S/C22H36N4O3.HI/c1-5-28-20-11-18-10-17(3)29-21(18)12-19(20)14-25-22(23-4)24-13-16(2)15-26-6-8-27-9-7-26;/h11-12,16-17H,5-10,13-15H2,1-4H3,(H2,23,24,25);1H. The van der Waals surface area contributed by atoms with E-state index in [2.05, 4.69) is 46.5 Å². The van der Waals surface area contributed by atoms with E-state index in [-0.39, 0.29) is 30.1 Å². The molecular weight excluding hydrogens is 495 g/mol. The van der Waals surface area contributed by atoms with Crippen LogP contribution in [0, 0.1) is 5.92 Å². The van der Waals surface area contributed by atoms with Crippen LogP contribution in [-0.4, -0.2) is 70.0 Å². The monoisotopic (exact) mass is 532 g/mol. The molecule has 2 aliphatic heterocycles. The van der Waals surface area contributed by atoms with Gasteiger partial charge in [0.05, 0.1) is 19.8 Å². The summed E-state index contributed by atoms with van der Waals surface area (Å²) in [6.07, 6.45) is 1.16. The van der Waals surface area contributed by atoms with Gasteiger partial charge in [-0.15, -0.1) is 24.0 Å². The Morgan fingerprint density at radius 3 is 2.77 bits per heavy atom. The smallest absolute Gasteiger partial charge is 0.191 e. The largest absolute Gasteiger partial charge is 0.494 e. The topological polar surface area (TPSA) is 67.4 Å². The van der Waals surface area contributed by atoms with Crippen LogP contribution in [0.1, 0.15) is 31.9 Å². The number of nitrogens with one attached hydrogen (secondary N) is 2. The molecule has 0 radical (unpaired) electrons. The molecule has 1 saturated heterocycles. The van der Waals surface area contributed by atoms with Crippen molar-refractivity contribution in [1.29, 1.82) is 0 Å². The van der Waals surface area contributed by atoms with Gasteiger partial charge in [0.1, 0.15) is 17.6 Å². The number of benzene rings is 1. The number of ether oxygens (including phenoxy) is 3. The molecule has 0 amide bonds. The quantitative estimate of drug-likeness (QED) is 0.305. The lowest BCUT2D eigenvalue weighted by Gasteiger charge is -2.29. The van der Waals surface area contributed by atoms with Crippen LogP contribution in [0.2, 0.25) is 0 Å². The van der Waals surface area contributed by atoms with E-state index in [0.717, 1.165) is 68.8 Å². The Kier molecular flexibility index (Phi) is 10.5. The fourth-order valence-electron chi connectivity index (χ4n) is 3.87. The average Bonchev–Trinajstić information content (AvgIpc) is 3.08. The van der Waals surface area contributed by atoms with Crippen LogP contribution in [-0.2, 0) is 17.7 Å². The summed E-state index contributed by atoms with van der Waals surface area (Å²) < 4.78 is 17.2. The fourth-order valence-corrected chi connectivity index (χ4v) is 3.87. The third kappa shape index (κ3) is 7.16. The Morgan fingerprint density at radius 2 is 2.07 bits per heavy atom. The highest BCUT2D eigenvalue weighted by Gasteiger charge is 2.22. The minimum atomic E-state index is 0. The van der Waals surface area contributed by atoms with Gasteiger partial charge in [0.15, 0.2) is 5.96 Å². The molecule has 2 heterocycles. The first-order chi connectivity index (χ1) is 14.1. The second kappa shape index (κ2) is 12.6. The van der Waals surface area contributed by atoms with Crippen LogP contribution in [0.4, 0.5) is 0 Å². The molecule has 0 aliphatic carbocycles. The zero-order valence-corrected chi connectivity index (χ0v) is 21.0. The highest BCUT2D eigenvalue weighted by atomic mass is 127. The van der Waals surface area contributed by atoms with Gasteiger partial charge in [0, 0.05) is 57.3 Å². The minimum Gasteiger partial charge on any atom is -0.494 e. The molecule has 2 aliphatic rings. The zero-order valence-electron chi connectivity index (χ0n) is 18.7. The van der Waals surface area contributed by atoms with E-state index in [1.165, 1.54) is 5.56 Å². The zero-order chi connectivity index (χ0) is 20.6. The number of morpholine rings is 1. The number of nitrogens with zero attached hydrogens (tertiary/aromatic N) is 2. The van der Waals surface area contributed by atoms with Crippen LogP contribution < -0.4 is 20.1 Å². The van der Waals surface area contributed by atoms with Gasteiger partial charge in [-0.3, -0.25) is 9.89 Å². The molecular formula is C22H37IN4O3. The summed E-state index contributed by atoms with van der Waals surface area (Å²) in [7, 11) is 1.80. The van der Waals surface area contributed by atoms with Gasteiger partial charge < -0.3 is 24.8 Å². The molecule has 0 spiro atoms. The highest BCUT2D eigenvalue weighted by Crippen LogP contribution is 2.35. The van der Waals surface area contributed by atoms with Crippen LogP contribution in [0.15, 0.2) is 17.1 Å². The van der Waals surface area contributed by atoms with Crippen molar-refractivity contribution in [2.75, 3.05) is 53.0 Å². The molecule has 2 N–H and O–H groups in total. The third-order valence-corrected chi connectivity index (χ3v) is 5.34. The minimum absolute atomic E-state index is 0. The average molecular weight is 532 g/mol. The van der Waals surface area contributed by atoms with E-state index in [0.29, 0.717) is 19.1 Å². The number of hydrogen-bond donors (Lipinski definition) is 2. The maximum absolute atomic E-state index is 5.92. The molecule has 0 aromatic heterocycles. The van der Waals surface area contributed by atoms with E-state index < -0.39 is 0 Å². The lowest BCUT2D eigenvalue weighted by Crippen LogP contribution is -2.43. The van der Waals surface area contributed by atoms with Crippen LogP contribution >= 0.6 is 24.0 Å². The molecule has 0 saturated carbocycles. The number of rotatable bonds is 8. The number of aliphatic imine (C=N–C) groups is 1. The Morgan fingerprint density at radius 1 is 1.30 bits per heavy atom. The predicted molar refractivity (Wildman–Crippen MR) is 131 cm³/mol. The van der Waals surface area contributed by atoms with Gasteiger partial charge in [-0.1, -0.05) is 6.92 Å². The van der Waals surface area contributed by atoms with Crippen molar-refractivity contribution >= 4 is 29.9 Å². The Bertz CT molecular complexity index is 695. The molecule has 170 valence electrons. The SMILES string of the molecule is CCOc1cc2c(cc1CNC(=NC)NCC(C)CN1CCOCC1)OC(C)C2.I. The maximum Gasteiger partial charge on any atom is 0.191 e. The molecule has 3 rings (SSSR count). The number of halogens is 1. The first kappa shape index (κ1) is 25.0. The Hall–Kier alpha value is -1.26. The molecule has 1 aromatic carbocycles. The van der Waals surface area contributed by atoms with Gasteiger partial charge in [0.2, 0.25) is 0 Å². The normalized spacial score (nSPS) is 20.0. The highest BCUT2D eigenvalue weighted by molar-refractivity contribution is 14.0. The van der Waals surface area contributed by atoms with Gasteiger partial charge >= 0.3 is 0 Å². The van der Waals surface area contributed by atoms with Crippen molar-refractivity contribution in [3.63, 3.8) is 0 Å². The predicted octanol–water partition coefficient (Wildman–Crippen LogP) is 2.66. The molecule has 8 heteroatoms. The van der Waals surface area contributed by atoms with Gasteiger partial charge in [-0.2, -0.15) is 0 Å². The number of fused-ring (bicyclic) bond motifs is 1. The summed E-state index contributed by atoms with van der Waals surface area (Å²) in [6, 6.07) is 4.23. The lowest BCUT2D eigenvalue weighted by molar-refractivity contribution is 0.0320. The maximum atomic E-state index is 5.92. The summed E-state index contributed by atoms with van der Waals surface area (Å²) in [5.41, 5.74) is 2.31. The summed E-state index contributed by atoms with van der Waals surface area (Å²) in [4.78, 5) is 6.84. The summed E-state index contributed by atoms with van der Waals surface area (Å²) in [5, 5.41) is 6.86. The van der Waals surface area contributed by atoms with Crippen LogP contribution in [0.25, 0.3) is 0 Å². The summed E-state index contributed by atoms with van der Waals surface area (Å²) in [5.74, 6) is 3.23. The molecule has 1 aromatic rings. The molecule has 2 unspecified atom stereocenters. The van der Waals surface area contributed by atoms with Crippen molar-refractivity contribution in [1.82, 2.24) is 15.5 Å². The summed E-state index contributed by atoms with van der Waals surface area (Å²) >= 11 is 0. The Balaban J connectivity index is 0.00000320. The lowest BCUT2D eigenvalue weighted by atomic mass is 10.1. The van der Waals surface area contributed by atoms with Gasteiger partial charge in [-0.05, 0) is 31.9 Å². The van der Waals surface area contributed by atoms with E-state index >= 15 is 0 Å². The third-order valence-electron chi connectivity index (χ3n) is 5.34. The molecule has 1 fully saturated rings. The molecule has 0 bridgehead atoms. The van der Waals surface area contributed by atoms with Crippen molar-refractivity contribution in [2.24, 2.45) is 10.9 Å². The number of guanidine groups is 1. The molecule has 7 nitrogen and oxygen atoms in total. The Labute approximate surface area is 197 Å². The van der Waals surface area contributed by atoms with Gasteiger partial charge in [0.25, 0.3) is 0 Å². The number of hydrogen-bond acceptors (Lipinski definition) is 5.